The van der Waals surface area contributed by atoms with Gasteiger partial charge in [0.1, 0.15) is 0 Å². The van der Waals surface area contributed by atoms with E-state index >= 15 is 0 Å². The van der Waals surface area contributed by atoms with E-state index < -0.39 is 8.32 Å². The number of pyridine rings is 1. The van der Waals surface area contributed by atoms with Crippen molar-refractivity contribution in [3.63, 3.8) is 0 Å². The molecule has 0 spiro atoms. The van der Waals surface area contributed by atoms with Crippen LogP contribution in [0.4, 0.5) is 0 Å². The molecule has 4 heteroatoms. The molecule has 0 radical (unpaired) electrons. The summed E-state index contributed by atoms with van der Waals surface area (Å²) in [4.78, 5) is 4.06. The second-order valence-electron chi connectivity index (χ2n) is 5.52. The average molecular weight is 258 g/mol. The smallest absolute Gasteiger partial charge is 0.192 e. The molecule has 0 aliphatic carbocycles. The summed E-state index contributed by atoms with van der Waals surface area (Å²) in [5.74, 6) is 0. The fourth-order valence-corrected chi connectivity index (χ4v) is 2.10. The number of halogens is 1. The van der Waals surface area contributed by atoms with Crippen LogP contribution in [0.25, 0.3) is 0 Å². The van der Waals surface area contributed by atoms with Crippen molar-refractivity contribution in [3.05, 3.63) is 29.0 Å². The van der Waals surface area contributed by atoms with Gasteiger partial charge in [-0.2, -0.15) is 0 Å². The highest BCUT2D eigenvalue weighted by Crippen LogP contribution is 2.37. The lowest BCUT2D eigenvalue weighted by Gasteiger charge is -2.36. The Morgan fingerprint density at radius 3 is 2.50 bits per heavy atom. The van der Waals surface area contributed by atoms with E-state index in [0.29, 0.717) is 6.61 Å². The van der Waals surface area contributed by atoms with Gasteiger partial charge in [-0.05, 0) is 24.2 Å². The first-order valence-corrected chi connectivity index (χ1v) is 8.75. The van der Waals surface area contributed by atoms with Crippen LogP contribution in [0.1, 0.15) is 26.3 Å². The van der Waals surface area contributed by atoms with Crippen molar-refractivity contribution in [2.45, 2.75) is 45.5 Å². The molecule has 0 aromatic carbocycles. The Balaban J connectivity index is 2.69. The van der Waals surface area contributed by atoms with E-state index in [1.807, 2.05) is 0 Å². The van der Waals surface area contributed by atoms with Crippen LogP contribution in [0.5, 0.6) is 0 Å². The minimum Gasteiger partial charge on any atom is -0.412 e. The van der Waals surface area contributed by atoms with E-state index in [0.717, 1.165) is 10.6 Å². The molecule has 90 valence electrons. The molecule has 0 bridgehead atoms. The van der Waals surface area contributed by atoms with Crippen LogP contribution in [0, 0.1) is 0 Å². The zero-order valence-electron chi connectivity index (χ0n) is 10.7. The molecule has 0 unspecified atom stereocenters. The molecule has 0 saturated carbocycles. The second-order valence-corrected chi connectivity index (χ2v) is 10.7. The van der Waals surface area contributed by atoms with E-state index in [1.165, 1.54) is 0 Å². The summed E-state index contributed by atoms with van der Waals surface area (Å²) in [6, 6.07) is 1.80. The molecular formula is C12H20ClNOSi. The monoisotopic (exact) mass is 257 g/mol. The molecule has 0 aliphatic rings. The fraction of sp³-hybridized carbons (Fsp3) is 0.583. The lowest BCUT2D eigenvalue weighted by Crippen LogP contribution is -2.40. The third kappa shape index (κ3) is 3.30. The van der Waals surface area contributed by atoms with Crippen LogP contribution < -0.4 is 0 Å². The predicted octanol–water partition coefficient (Wildman–Crippen LogP) is 4.26. The highest BCUT2D eigenvalue weighted by Gasteiger charge is 2.37. The first kappa shape index (κ1) is 13.7. The van der Waals surface area contributed by atoms with Crippen molar-refractivity contribution < 1.29 is 4.43 Å². The Morgan fingerprint density at radius 1 is 1.38 bits per heavy atom. The second kappa shape index (κ2) is 4.86. The van der Waals surface area contributed by atoms with E-state index in [1.54, 1.807) is 18.5 Å². The summed E-state index contributed by atoms with van der Waals surface area (Å²) in [5, 5.41) is 0.954. The van der Waals surface area contributed by atoms with Crippen LogP contribution in [0.2, 0.25) is 23.2 Å². The van der Waals surface area contributed by atoms with Crippen molar-refractivity contribution in [3.8, 4) is 0 Å². The number of hydrogen-bond donors (Lipinski definition) is 0. The Labute approximate surface area is 104 Å². The lowest BCUT2D eigenvalue weighted by atomic mass is 10.2. The Kier molecular flexibility index (Phi) is 4.15. The summed E-state index contributed by atoms with van der Waals surface area (Å²) < 4.78 is 6.08. The van der Waals surface area contributed by atoms with Gasteiger partial charge in [0.15, 0.2) is 8.32 Å². The molecule has 1 aromatic heterocycles. The molecule has 0 aliphatic heterocycles. The quantitative estimate of drug-likeness (QED) is 0.755. The first-order valence-electron chi connectivity index (χ1n) is 5.46. The summed E-state index contributed by atoms with van der Waals surface area (Å²) in [6.07, 6.45) is 3.47. The predicted molar refractivity (Wildman–Crippen MR) is 71.2 cm³/mol. The molecule has 1 rings (SSSR count). The van der Waals surface area contributed by atoms with Crippen molar-refractivity contribution >= 4 is 19.9 Å². The molecule has 0 atom stereocenters. The maximum Gasteiger partial charge on any atom is 0.192 e. The number of nitrogens with zero attached hydrogens (tertiary/aromatic N) is 1. The normalized spacial score (nSPS) is 12.9. The molecule has 0 amide bonds. The van der Waals surface area contributed by atoms with Crippen LogP contribution in [0.15, 0.2) is 18.5 Å². The van der Waals surface area contributed by atoms with Gasteiger partial charge in [0.2, 0.25) is 0 Å². The standard InChI is InChI=1S/C12H20ClNOSi/c1-12(2,3)16(4,5)15-9-10-8-14-7-6-11(10)13/h6-8H,9H2,1-5H3. The number of aromatic nitrogens is 1. The Bertz CT molecular complexity index is 360. The molecule has 1 aromatic rings. The maximum atomic E-state index is 6.08. The fourth-order valence-electron chi connectivity index (χ4n) is 0.991. The molecule has 0 N–H and O–H groups in total. The zero-order chi connectivity index (χ0) is 12.4. The minimum atomic E-state index is -1.70. The molecule has 0 saturated heterocycles. The van der Waals surface area contributed by atoms with Gasteiger partial charge in [-0.1, -0.05) is 32.4 Å². The molecule has 2 nitrogen and oxygen atoms in total. The van der Waals surface area contributed by atoms with Gasteiger partial charge < -0.3 is 4.43 Å². The highest BCUT2D eigenvalue weighted by molar-refractivity contribution is 6.74. The van der Waals surface area contributed by atoms with Crippen molar-refractivity contribution in [2.24, 2.45) is 0 Å². The van der Waals surface area contributed by atoms with Crippen LogP contribution in [-0.4, -0.2) is 13.3 Å². The average Bonchev–Trinajstić information content (AvgIpc) is 2.15. The van der Waals surface area contributed by atoms with E-state index in [4.69, 9.17) is 16.0 Å². The van der Waals surface area contributed by atoms with Crippen LogP contribution in [0.3, 0.4) is 0 Å². The van der Waals surface area contributed by atoms with Crippen molar-refractivity contribution in [1.29, 1.82) is 0 Å². The van der Waals surface area contributed by atoms with Gasteiger partial charge in [0.25, 0.3) is 0 Å². The van der Waals surface area contributed by atoms with Crippen molar-refractivity contribution in [1.82, 2.24) is 4.98 Å². The van der Waals surface area contributed by atoms with Gasteiger partial charge in [0.05, 0.1) is 6.61 Å². The minimum absolute atomic E-state index is 0.224. The SMILES string of the molecule is CC(C)(C)[Si](C)(C)OCc1cnccc1Cl. The number of rotatable bonds is 3. The summed E-state index contributed by atoms with van der Waals surface area (Å²) in [5.41, 5.74) is 0.967. The van der Waals surface area contributed by atoms with Gasteiger partial charge in [-0.15, -0.1) is 0 Å². The van der Waals surface area contributed by atoms with E-state index in [2.05, 4.69) is 38.8 Å². The van der Waals surface area contributed by atoms with E-state index in [9.17, 15) is 0 Å². The molecular weight excluding hydrogens is 238 g/mol. The summed E-state index contributed by atoms with van der Waals surface area (Å²) in [7, 11) is -1.70. The van der Waals surface area contributed by atoms with Gasteiger partial charge in [-0.25, -0.2) is 0 Å². The van der Waals surface area contributed by atoms with Crippen LogP contribution in [-0.2, 0) is 11.0 Å². The Hall–Kier alpha value is -0.383. The van der Waals surface area contributed by atoms with E-state index in [-0.39, 0.29) is 5.04 Å². The Morgan fingerprint density at radius 2 is 2.00 bits per heavy atom. The van der Waals surface area contributed by atoms with Gasteiger partial charge in [0, 0.05) is 23.0 Å². The van der Waals surface area contributed by atoms with Crippen molar-refractivity contribution in [2.75, 3.05) is 0 Å². The third-order valence-electron chi connectivity index (χ3n) is 3.24. The maximum absolute atomic E-state index is 6.08. The largest absolute Gasteiger partial charge is 0.412 e. The highest BCUT2D eigenvalue weighted by atomic mass is 35.5. The topological polar surface area (TPSA) is 22.1 Å². The summed E-state index contributed by atoms with van der Waals surface area (Å²) >= 11 is 6.06. The van der Waals surface area contributed by atoms with Gasteiger partial charge >= 0.3 is 0 Å². The molecule has 0 fully saturated rings. The summed E-state index contributed by atoms with van der Waals surface area (Å²) in [6.45, 7) is 11.7. The molecule has 16 heavy (non-hydrogen) atoms. The zero-order valence-corrected chi connectivity index (χ0v) is 12.4. The third-order valence-corrected chi connectivity index (χ3v) is 8.09. The lowest BCUT2D eigenvalue weighted by molar-refractivity contribution is 0.276. The van der Waals surface area contributed by atoms with Crippen LogP contribution >= 0.6 is 11.6 Å². The van der Waals surface area contributed by atoms with Gasteiger partial charge in [-0.3, -0.25) is 4.98 Å². The first-order chi connectivity index (χ1) is 7.24. The number of hydrogen-bond acceptors (Lipinski definition) is 2. The molecule has 1 heterocycles.